The lowest BCUT2D eigenvalue weighted by Gasteiger charge is -2.31. The average molecular weight is 228 g/mol. The first-order valence-corrected chi connectivity index (χ1v) is 6.43. The van der Waals surface area contributed by atoms with Gasteiger partial charge in [-0.25, -0.2) is 0 Å². The smallest absolute Gasteiger partial charge is 0.0826 e. The highest BCUT2D eigenvalue weighted by Gasteiger charge is 2.18. The van der Waals surface area contributed by atoms with Gasteiger partial charge in [0.1, 0.15) is 0 Å². The van der Waals surface area contributed by atoms with Crippen LogP contribution in [-0.4, -0.2) is 64.1 Å². The topological polar surface area (TPSA) is 33.7 Å². The molecule has 4 heteroatoms. The molecule has 0 bridgehead atoms. The van der Waals surface area contributed by atoms with Crippen LogP contribution in [0.1, 0.15) is 12.8 Å². The van der Waals surface area contributed by atoms with E-state index in [2.05, 4.69) is 17.3 Å². The molecule has 1 atom stereocenters. The minimum absolute atomic E-state index is 0.374. The Hall–Kier alpha value is -0.160. The summed E-state index contributed by atoms with van der Waals surface area (Å²) in [6.07, 6.45) is 2.79. The molecule has 0 aliphatic carbocycles. The van der Waals surface area contributed by atoms with Gasteiger partial charge in [0.25, 0.3) is 0 Å². The van der Waals surface area contributed by atoms with Crippen LogP contribution < -0.4 is 5.32 Å². The summed E-state index contributed by atoms with van der Waals surface area (Å²) in [4.78, 5) is 2.34. The lowest BCUT2D eigenvalue weighted by atomic mass is 10.0. The van der Waals surface area contributed by atoms with E-state index in [1.165, 1.54) is 12.8 Å². The molecule has 2 rings (SSSR count). The van der Waals surface area contributed by atoms with Gasteiger partial charge in [0, 0.05) is 32.8 Å². The second kappa shape index (κ2) is 6.55. The van der Waals surface area contributed by atoms with E-state index in [9.17, 15) is 0 Å². The Bertz CT molecular complexity index is 195. The first-order chi connectivity index (χ1) is 7.84. The Balaban J connectivity index is 1.56. The normalized spacial score (nSPS) is 29.4. The number of nitrogens with one attached hydrogen (secondary N) is 1. The Morgan fingerprint density at radius 1 is 1.19 bits per heavy atom. The quantitative estimate of drug-likeness (QED) is 0.752. The third-order valence-corrected chi connectivity index (χ3v) is 3.49. The molecule has 0 aromatic heterocycles. The van der Waals surface area contributed by atoms with Gasteiger partial charge in [-0.15, -0.1) is 0 Å². The van der Waals surface area contributed by atoms with Gasteiger partial charge in [-0.05, 0) is 32.4 Å². The molecule has 0 spiro atoms. The van der Waals surface area contributed by atoms with Gasteiger partial charge in [-0.3, -0.25) is 0 Å². The minimum atomic E-state index is 0.374. The summed E-state index contributed by atoms with van der Waals surface area (Å²) in [5.74, 6) is 0.801. The third-order valence-electron chi connectivity index (χ3n) is 3.49. The SMILES string of the molecule is CN1CCOC(CNCC2CCOCC2)C1. The lowest BCUT2D eigenvalue weighted by Crippen LogP contribution is -2.45. The second-order valence-corrected chi connectivity index (χ2v) is 4.97. The van der Waals surface area contributed by atoms with Crippen LogP contribution in [-0.2, 0) is 9.47 Å². The van der Waals surface area contributed by atoms with Gasteiger partial charge in [0.05, 0.1) is 12.7 Å². The van der Waals surface area contributed by atoms with Crippen molar-refractivity contribution in [1.82, 2.24) is 10.2 Å². The van der Waals surface area contributed by atoms with E-state index in [-0.39, 0.29) is 0 Å². The highest BCUT2D eigenvalue weighted by atomic mass is 16.5. The van der Waals surface area contributed by atoms with Crippen LogP contribution in [0.4, 0.5) is 0 Å². The number of morpholine rings is 1. The van der Waals surface area contributed by atoms with Gasteiger partial charge >= 0.3 is 0 Å². The van der Waals surface area contributed by atoms with Crippen LogP contribution in [0.5, 0.6) is 0 Å². The molecule has 4 nitrogen and oxygen atoms in total. The van der Waals surface area contributed by atoms with Crippen molar-refractivity contribution in [3.8, 4) is 0 Å². The van der Waals surface area contributed by atoms with Crippen LogP contribution in [0.25, 0.3) is 0 Å². The molecule has 0 aromatic carbocycles. The third kappa shape index (κ3) is 4.01. The molecule has 0 amide bonds. The summed E-state index contributed by atoms with van der Waals surface area (Å²) in [6.45, 7) is 6.98. The standard InChI is InChI=1S/C12H24N2O2/c1-14-4-7-16-12(10-14)9-13-8-11-2-5-15-6-3-11/h11-13H,2-10H2,1H3. The summed E-state index contributed by atoms with van der Waals surface area (Å²) >= 11 is 0. The van der Waals surface area contributed by atoms with Gasteiger partial charge in [-0.2, -0.15) is 0 Å². The lowest BCUT2D eigenvalue weighted by molar-refractivity contribution is -0.0191. The van der Waals surface area contributed by atoms with E-state index < -0.39 is 0 Å². The van der Waals surface area contributed by atoms with Crippen molar-refractivity contribution in [3.63, 3.8) is 0 Å². The van der Waals surface area contributed by atoms with Crippen LogP contribution in [0, 0.1) is 5.92 Å². The molecule has 2 heterocycles. The van der Waals surface area contributed by atoms with Gasteiger partial charge in [0.15, 0.2) is 0 Å². The average Bonchev–Trinajstić information content (AvgIpc) is 2.30. The van der Waals surface area contributed by atoms with Crippen molar-refractivity contribution in [2.45, 2.75) is 18.9 Å². The number of hydrogen-bond acceptors (Lipinski definition) is 4. The van der Waals surface area contributed by atoms with E-state index >= 15 is 0 Å². The predicted octanol–water partition coefficient (Wildman–Crippen LogP) is 0.333. The summed E-state index contributed by atoms with van der Waals surface area (Å²) < 4.78 is 11.1. The highest BCUT2D eigenvalue weighted by molar-refractivity contribution is 4.73. The predicted molar refractivity (Wildman–Crippen MR) is 63.6 cm³/mol. The molecule has 1 unspecified atom stereocenters. The molecule has 2 fully saturated rings. The summed E-state index contributed by atoms with van der Waals surface area (Å²) in [5, 5.41) is 3.54. The van der Waals surface area contributed by atoms with E-state index in [4.69, 9.17) is 9.47 Å². The highest BCUT2D eigenvalue weighted by Crippen LogP contribution is 2.13. The van der Waals surface area contributed by atoms with Gasteiger partial charge < -0.3 is 19.7 Å². The fourth-order valence-corrected chi connectivity index (χ4v) is 2.39. The molecule has 2 aliphatic heterocycles. The Morgan fingerprint density at radius 2 is 2.00 bits per heavy atom. The summed E-state index contributed by atoms with van der Waals surface area (Å²) in [6, 6.07) is 0. The summed E-state index contributed by atoms with van der Waals surface area (Å²) in [5.41, 5.74) is 0. The number of nitrogens with zero attached hydrogens (tertiary/aromatic N) is 1. The Labute approximate surface area is 98.3 Å². The number of hydrogen-bond donors (Lipinski definition) is 1. The van der Waals surface area contributed by atoms with E-state index in [1.807, 2.05) is 0 Å². The fraction of sp³-hybridized carbons (Fsp3) is 1.00. The molecular weight excluding hydrogens is 204 g/mol. The Kier molecular flexibility index (Phi) is 5.03. The van der Waals surface area contributed by atoms with Crippen LogP contribution in [0.3, 0.4) is 0 Å². The number of likely N-dealkylation sites (N-methyl/N-ethyl adjacent to an activating group) is 1. The Morgan fingerprint density at radius 3 is 2.75 bits per heavy atom. The second-order valence-electron chi connectivity index (χ2n) is 4.97. The largest absolute Gasteiger partial charge is 0.381 e. The van der Waals surface area contributed by atoms with E-state index in [0.29, 0.717) is 6.10 Å². The molecule has 2 aliphatic rings. The molecule has 0 saturated carbocycles. The zero-order valence-electron chi connectivity index (χ0n) is 10.3. The molecule has 94 valence electrons. The maximum atomic E-state index is 5.71. The molecule has 1 N–H and O–H groups in total. The first kappa shape index (κ1) is 12.3. The van der Waals surface area contributed by atoms with Gasteiger partial charge in [0.2, 0.25) is 0 Å². The van der Waals surface area contributed by atoms with E-state index in [0.717, 1.165) is 51.9 Å². The maximum Gasteiger partial charge on any atom is 0.0826 e. The minimum Gasteiger partial charge on any atom is -0.381 e. The first-order valence-electron chi connectivity index (χ1n) is 6.43. The van der Waals surface area contributed by atoms with Crippen LogP contribution in [0.2, 0.25) is 0 Å². The van der Waals surface area contributed by atoms with Crippen molar-refractivity contribution in [2.24, 2.45) is 5.92 Å². The van der Waals surface area contributed by atoms with Crippen molar-refractivity contribution >= 4 is 0 Å². The molecule has 0 aromatic rings. The van der Waals surface area contributed by atoms with Crippen molar-refractivity contribution < 1.29 is 9.47 Å². The number of rotatable bonds is 4. The number of ether oxygens (including phenoxy) is 2. The van der Waals surface area contributed by atoms with Crippen molar-refractivity contribution in [2.75, 3.05) is 53.0 Å². The van der Waals surface area contributed by atoms with Crippen LogP contribution in [0.15, 0.2) is 0 Å². The summed E-state index contributed by atoms with van der Waals surface area (Å²) in [7, 11) is 2.16. The monoisotopic (exact) mass is 228 g/mol. The van der Waals surface area contributed by atoms with E-state index in [1.54, 1.807) is 0 Å². The van der Waals surface area contributed by atoms with Crippen molar-refractivity contribution in [3.05, 3.63) is 0 Å². The zero-order valence-corrected chi connectivity index (χ0v) is 10.3. The zero-order chi connectivity index (χ0) is 11.2. The molecule has 2 saturated heterocycles. The molecular formula is C12H24N2O2. The van der Waals surface area contributed by atoms with Crippen LogP contribution >= 0.6 is 0 Å². The molecule has 0 radical (unpaired) electrons. The fourth-order valence-electron chi connectivity index (χ4n) is 2.39. The molecule has 16 heavy (non-hydrogen) atoms. The maximum absolute atomic E-state index is 5.71. The van der Waals surface area contributed by atoms with Crippen molar-refractivity contribution in [1.29, 1.82) is 0 Å². The van der Waals surface area contributed by atoms with Gasteiger partial charge in [-0.1, -0.05) is 0 Å².